The summed E-state index contributed by atoms with van der Waals surface area (Å²) in [5.74, 6) is -1.14. The fourth-order valence-electron chi connectivity index (χ4n) is 0.752. The number of hydrogen-bond donors (Lipinski definition) is 2. The zero-order valence-corrected chi connectivity index (χ0v) is 6.25. The highest BCUT2D eigenvalue weighted by Crippen LogP contribution is 2.11. The molecule has 0 aliphatic rings. The standard InChI is InChI=1S/C8H8FNO2/c9-6-3-1-2-4-7(6)10-8(12)5-11/h1-4,11H,5H2,(H,10,12). The molecule has 0 bridgehead atoms. The molecule has 1 aromatic carbocycles. The summed E-state index contributed by atoms with van der Waals surface area (Å²) in [6.45, 7) is -0.645. The van der Waals surface area contributed by atoms with Crippen molar-refractivity contribution in [1.29, 1.82) is 0 Å². The monoisotopic (exact) mass is 169 g/mol. The molecule has 0 atom stereocenters. The fraction of sp³-hybridized carbons (Fsp3) is 0.125. The molecular weight excluding hydrogens is 161 g/mol. The molecule has 12 heavy (non-hydrogen) atoms. The Morgan fingerprint density at radius 1 is 1.50 bits per heavy atom. The van der Waals surface area contributed by atoms with Gasteiger partial charge >= 0.3 is 0 Å². The number of halogens is 1. The third-order valence-corrected chi connectivity index (χ3v) is 1.29. The molecule has 0 fully saturated rings. The summed E-state index contributed by atoms with van der Waals surface area (Å²) in [6.07, 6.45) is 0. The molecule has 0 radical (unpaired) electrons. The van der Waals surface area contributed by atoms with E-state index in [-0.39, 0.29) is 5.69 Å². The highest BCUT2D eigenvalue weighted by molar-refractivity contribution is 5.91. The second kappa shape index (κ2) is 3.82. The molecule has 0 heterocycles. The molecule has 4 heteroatoms. The zero-order chi connectivity index (χ0) is 8.97. The lowest BCUT2D eigenvalue weighted by Crippen LogP contribution is -2.16. The van der Waals surface area contributed by atoms with Crippen LogP contribution in [0.15, 0.2) is 24.3 Å². The summed E-state index contributed by atoms with van der Waals surface area (Å²) < 4.78 is 12.8. The summed E-state index contributed by atoms with van der Waals surface area (Å²) >= 11 is 0. The van der Waals surface area contributed by atoms with Crippen LogP contribution < -0.4 is 5.32 Å². The molecule has 1 amide bonds. The molecule has 64 valence electrons. The minimum absolute atomic E-state index is 0.0801. The van der Waals surface area contributed by atoms with Gasteiger partial charge in [-0.05, 0) is 12.1 Å². The van der Waals surface area contributed by atoms with Crippen molar-refractivity contribution in [3.63, 3.8) is 0 Å². The van der Waals surface area contributed by atoms with Crippen LogP contribution in [-0.4, -0.2) is 17.6 Å². The van der Waals surface area contributed by atoms with E-state index in [0.29, 0.717) is 0 Å². The molecule has 1 rings (SSSR count). The van der Waals surface area contributed by atoms with Gasteiger partial charge in [-0.2, -0.15) is 0 Å². The maximum absolute atomic E-state index is 12.8. The largest absolute Gasteiger partial charge is 0.387 e. The van der Waals surface area contributed by atoms with Gasteiger partial charge in [0.2, 0.25) is 5.91 Å². The van der Waals surface area contributed by atoms with Crippen LogP contribution in [0.4, 0.5) is 10.1 Å². The fourth-order valence-corrected chi connectivity index (χ4v) is 0.752. The topological polar surface area (TPSA) is 49.3 Å². The number of carbonyl (C=O) groups is 1. The number of carbonyl (C=O) groups excluding carboxylic acids is 1. The second-order valence-electron chi connectivity index (χ2n) is 2.19. The lowest BCUT2D eigenvalue weighted by atomic mass is 10.3. The highest BCUT2D eigenvalue weighted by atomic mass is 19.1. The number of anilines is 1. The van der Waals surface area contributed by atoms with E-state index < -0.39 is 18.3 Å². The lowest BCUT2D eigenvalue weighted by molar-refractivity contribution is -0.118. The van der Waals surface area contributed by atoms with Crippen LogP contribution >= 0.6 is 0 Å². The second-order valence-corrected chi connectivity index (χ2v) is 2.19. The lowest BCUT2D eigenvalue weighted by Gasteiger charge is -2.02. The van der Waals surface area contributed by atoms with Crippen molar-refractivity contribution in [1.82, 2.24) is 0 Å². The molecule has 0 unspecified atom stereocenters. The van der Waals surface area contributed by atoms with E-state index >= 15 is 0 Å². The summed E-state index contributed by atoms with van der Waals surface area (Å²) in [7, 11) is 0. The van der Waals surface area contributed by atoms with Crippen LogP contribution in [0.1, 0.15) is 0 Å². The number of nitrogens with one attached hydrogen (secondary N) is 1. The summed E-state index contributed by atoms with van der Waals surface area (Å²) in [4.78, 5) is 10.6. The van der Waals surface area contributed by atoms with Crippen molar-refractivity contribution in [2.45, 2.75) is 0 Å². The molecular formula is C8H8FNO2. The molecule has 0 aliphatic carbocycles. The predicted molar refractivity (Wildman–Crippen MR) is 42.1 cm³/mol. The Labute approximate surface area is 68.8 Å². The molecule has 0 spiro atoms. The van der Waals surface area contributed by atoms with Gasteiger partial charge in [-0.3, -0.25) is 4.79 Å². The van der Waals surface area contributed by atoms with Gasteiger partial charge in [0.05, 0.1) is 5.69 Å². The van der Waals surface area contributed by atoms with Crippen molar-refractivity contribution in [3.8, 4) is 0 Å². The van der Waals surface area contributed by atoms with Crippen LogP contribution in [0.3, 0.4) is 0 Å². The number of benzene rings is 1. The van der Waals surface area contributed by atoms with Gasteiger partial charge < -0.3 is 10.4 Å². The number of rotatable bonds is 2. The third-order valence-electron chi connectivity index (χ3n) is 1.29. The Hall–Kier alpha value is -1.42. The molecule has 3 nitrogen and oxygen atoms in total. The van der Waals surface area contributed by atoms with Gasteiger partial charge in [0, 0.05) is 0 Å². The first-order valence-corrected chi connectivity index (χ1v) is 3.39. The Bertz CT molecular complexity index is 288. The maximum Gasteiger partial charge on any atom is 0.250 e. The van der Waals surface area contributed by atoms with Crippen molar-refractivity contribution in [3.05, 3.63) is 30.1 Å². The number of para-hydroxylation sites is 1. The van der Waals surface area contributed by atoms with Gasteiger partial charge in [-0.25, -0.2) is 4.39 Å². The normalized spacial score (nSPS) is 9.50. The van der Waals surface area contributed by atoms with E-state index in [0.717, 1.165) is 0 Å². The van der Waals surface area contributed by atoms with Gasteiger partial charge in [0.15, 0.2) is 0 Å². The van der Waals surface area contributed by atoms with E-state index in [1.165, 1.54) is 18.2 Å². The van der Waals surface area contributed by atoms with Gasteiger partial charge in [0.25, 0.3) is 0 Å². The molecule has 0 saturated carbocycles. The number of aliphatic hydroxyl groups excluding tert-OH is 1. The van der Waals surface area contributed by atoms with Crippen molar-refractivity contribution >= 4 is 11.6 Å². The molecule has 0 aromatic heterocycles. The summed E-state index contributed by atoms with van der Waals surface area (Å²) in [6, 6.07) is 5.76. The van der Waals surface area contributed by atoms with Crippen LogP contribution in [0.5, 0.6) is 0 Å². The van der Waals surface area contributed by atoms with Crippen LogP contribution in [0, 0.1) is 5.82 Å². The van der Waals surface area contributed by atoms with Crippen LogP contribution in [-0.2, 0) is 4.79 Å². The molecule has 0 saturated heterocycles. The first-order chi connectivity index (χ1) is 5.74. The van der Waals surface area contributed by atoms with Crippen LogP contribution in [0.2, 0.25) is 0 Å². The van der Waals surface area contributed by atoms with E-state index in [1.807, 2.05) is 0 Å². The van der Waals surface area contributed by atoms with Crippen LogP contribution in [0.25, 0.3) is 0 Å². The first-order valence-electron chi connectivity index (χ1n) is 3.39. The predicted octanol–water partition coefficient (Wildman–Crippen LogP) is 0.757. The Kier molecular flexibility index (Phi) is 2.76. The minimum atomic E-state index is -0.645. The highest BCUT2D eigenvalue weighted by Gasteiger charge is 2.03. The maximum atomic E-state index is 12.8. The van der Waals surface area contributed by atoms with E-state index in [4.69, 9.17) is 5.11 Å². The zero-order valence-electron chi connectivity index (χ0n) is 6.25. The van der Waals surface area contributed by atoms with Gasteiger partial charge in [0.1, 0.15) is 12.4 Å². The minimum Gasteiger partial charge on any atom is -0.387 e. The average Bonchev–Trinajstić information content (AvgIpc) is 2.09. The van der Waals surface area contributed by atoms with Crippen molar-refractivity contribution < 1.29 is 14.3 Å². The average molecular weight is 169 g/mol. The Morgan fingerprint density at radius 2 is 2.17 bits per heavy atom. The van der Waals surface area contributed by atoms with E-state index in [2.05, 4.69) is 5.32 Å². The number of amides is 1. The smallest absolute Gasteiger partial charge is 0.250 e. The van der Waals surface area contributed by atoms with E-state index in [9.17, 15) is 9.18 Å². The van der Waals surface area contributed by atoms with Gasteiger partial charge in [-0.1, -0.05) is 12.1 Å². The molecule has 1 aromatic rings. The Balaban J connectivity index is 2.75. The third kappa shape index (κ3) is 2.03. The number of aliphatic hydroxyl groups is 1. The molecule has 0 aliphatic heterocycles. The van der Waals surface area contributed by atoms with Gasteiger partial charge in [-0.15, -0.1) is 0 Å². The SMILES string of the molecule is O=C(CO)Nc1ccccc1F. The number of hydrogen-bond acceptors (Lipinski definition) is 2. The van der Waals surface area contributed by atoms with E-state index in [1.54, 1.807) is 6.07 Å². The Morgan fingerprint density at radius 3 is 2.75 bits per heavy atom. The quantitative estimate of drug-likeness (QED) is 0.686. The van der Waals surface area contributed by atoms with Crippen molar-refractivity contribution in [2.24, 2.45) is 0 Å². The molecule has 2 N–H and O–H groups in total. The first kappa shape index (κ1) is 8.67. The van der Waals surface area contributed by atoms with Crippen molar-refractivity contribution in [2.75, 3.05) is 11.9 Å². The summed E-state index contributed by atoms with van der Waals surface area (Å²) in [5, 5.41) is 10.5. The summed E-state index contributed by atoms with van der Waals surface area (Å²) in [5.41, 5.74) is 0.0801.